The molecular weight excluding hydrogens is 214 g/mol. The normalized spacial score (nSPS) is 31.5. The highest BCUT2D eigenvalue weighted by molar-refractivity contribution is 5.65. The third-order valence-electron chi connectivity index (χ3n) is 4.34. The predicted octanol–water partition coefficient (Wildman–Crippen LogP) is 2.93. The first kappa shape index (κ1) is 10.6. The van der Waals surface area contributed by atoms with Crippen molar-refractivity contribution in [3.8, 4) is 0 Å². The van der Waals surface area contributed by atoms with Crippen molar-refractivity contribution in [1.82, 2.24) is 4.90 Å². The maximum absolute atomic E-state index is 10.9. The van der Waals surface area contributed by atoms with Gasteiger partial charge >= 0.3 is 6.09 Å². The summed E-state index contributed by atoms with van der Waals surface area (Å²) in [6, 6.07) is 10.6. The van der Waals surface area contributed by atoms with Crippen LogP contribution in [0.2, 0.25) is 0 Å². The van der Waals surface area contributed by atoms with E-state index in [2.05, 4.69) is 24.3 Å². The number of carbonyl (C=O) groups is 1. The van der Waals surface area contributed by atoms with Crippen LogP contribution in [0.15, 0.2) is 30.3 Å². The lowest BCUT2D eigenvalue weighted by molar-refractivity contribution is 0.101. The Balaban J connectivity index is 1.64. The number of hydrogen-bond acceptors (Lipinski definition) is 1. The number of carboxylic acid groups (broad SMARTS) is 1. The van der Waals surface area contributed by atoms with Gasteiger partial charge in [-0.2, -0.15) is 0 Å². The zero-order chi connectivity index (χ0) is 11.9. The number of hydrogen-bond donors (Lipinski definition) is 1. The van der Waals surface area contributed by atoms with Crippen LogP contribution in [-0.4, -0.2) is 29.2 Å². The van der Waals surface area contributed by atoms with Crippen LogP contribution in [0.5, 0.6) is 0 Å². The summed E-state index contributed by atoms with van der Waals surface area (Å²) in [4.78, 5) is 12.5. The molecule has 17 heavy (non-hydrogen) atoms. The number of rotatable bonds is 1. The number of likely N-dealkylation sites (tertiary alicyclic amines) is 1. The summed E-state index contributed by atoms with van der Waals surface area (Å²) < 4.78 is 0. The second-order valence-corrected chi connectivity index (χ2v) is 5.47. The van der Waals surface area contributed by atoms with E-state index in [9.17, 15) is 4.79 Å². The summed E-state index contributed by atoms with van der Waals surface area (Å²) >= 11 is 0. The Morgan fingerprint density at radius 1 is 1.29 bits per heavy atom. The summed E-state index contributed by atoms with van der Waals surface area (Å²) in [5.41, 5.74) is 1.70. The Morgan fingerprint density at radius 3 is 2.59 bits per heavy atom. The molecule has 1 aliphatic heterocycles. The average molecular weight is 231 g/mol. The zero-order valence-electron chi connectivity index (χ0n) is 9.80. The third-order valence-corrected chi connectivity index (χ3v) is 4.34. The number of amides is 1. The molecule has 1 spiro atoms. The lowest BCUT2D eigenvalue weighted by Gasteiger charge is -2.45. The fourth-order valence-electron chi connectivity index (χ4n) is 3.38. The largest absolute Gasteiger partial charge is 0.465 e. The van der Waals surface area contributed by atoms with E-state index in [0.717, 1.165) is 32.4 Å². The monoisotopic (exact) mass is 231 g/mol. The summed E-state index contributed by atoms with van der Waals surface area (Å²) in [5.74, 6) is 0.643. The summed E-state index contributed by atoms with van der Waals surface area (Å²) in [6.07, 6.45) is 2.59. The van der Waals surface area contributed by atoms with Crippen LogP contribution >= 0.6 is 0 Å². The van der Waals surface area contributed by atoms with Crippen LogP contribution < -0.4 is 0 Å². The Bertz CT molecular complexity index is 423. The van der Waals surface area contributed by atoms with E-state index < -0.39 is 6.09 Å². The highest BCUT2D eigenvalue weighted by atomic mass is 16.4. The van der Waals surface area contributed by atoms with Crippen LogP contribution in [0.25, 0.3) is 0 Å². The first-order valence-corrected chi connectivity index (χ1v) is 6.21. The van der Waals surface area contributed by atoms with Crippen molar-refractivity contribution in [2.24, 2.45) is 5.41 Å². The highest BCUT2D eigenvalue weighted by Crippen LogP contribution is 2.55. The number of benzene rings is 1. The Labute approximate surface area is 101 Å². The molecule has 1 heterocycles. The molecule has 1 N–H and O–H groups in total. The van der Waals surface area contributed by atoms with Crippen LogP contribution in [0.3, 0.4) is 0 Å². The first-order valence-electron chi connectivity index (χ1n) is 6.21. The molecule has 1 aromatic rings. The standard InChI is InChI=1S/C14H17NO2/c16-13(17)15-7-6-14(10-15)8-12(9-14)11-4-2-1-3-5-11/h1-5,12H,6-10H2,(H,16,17). The van der Waals surface area contributed by atoms with Gasteiger partial charge in [0.15, 0.2) is 0 Å². The van der Waals surface area contributed by atoms with Gasteiger partial charge in [-0.25, -0.2) is 4.79 Å². The molecule has 0 atom stereocenters. The molecule has 2 aliphatic rings. The maximum atomic E-state index is 10.9. The van der Waals surface area contributed by atoms with Gasteiger partial charge in [0, 0.05) is 13.1 Å². The molecule has 0 aromatic heterocycles. The molecule has 3 heteroatoms. The van der Waals surface area contributed by atoms with Gasteiger partial charge in [-0.15, -0.1) is 0 Å². The van der Waals surface area contributed by atoms with Crippen LogP contribution in [-0.2, 0) is 0 Å². The molecule has 0 bridgehead atoms. The maximum Gasteiger partial charge on any atom is 0.407 e. The smallest absolute Gasteiger partial charge is 0.407 e. The zero-order valence-corrected chi connectivity index (χ0v) is 9.80. The van der Waals surface area contributed by atoms with E-state index in [1.807, 2.05) is 6.07 Å². The van der Waals surface area contributed by atoms with Gasteiger partial charge in [0.25, 0.3) is 0 Å². The highest BCUT2D eigenvalue weighted by Gasteiger charge is 2.49. The van der Waals surface area contributed by atoms with Crippen molar-refractivity contribution in [2.45, 2.75) is 25.2 Å². The van der Waals surface area contributed by atoms with E-state index in [-0.39, 0.29) is 0 Å². The fourth-order valence-corrected chi connectivity index (χ4v) is 3.38. The van der Waals surface area contributed by atoms with Crippen molar-refractivity contribution in [3.05, 3.63) is 35.9 Å². The van der Waals surface area contributed by atoms with E-state index >= 15 is 0 Å². The minimum absolute atomic E-state index is 0.291. The van der Waals surface area contributed by atoms with Crippen molar-refractivity contribution in [3.63, 3.8) is 0 Å². The van der Waals surface area contributed by atoms with Gasteiger partial charge in [0.05, 0.1) is 0 Å². The molecule has 3 nitrogen and oxygen atoms in total. The molecule has 1 aliphatic carbocycles. The lowest BCUT2D eigenvalue weighted by Crippen LogP contribution is -2.39. The molecule has 1 saturated heterocycles. The van der Waals surface area contributed by atoms with Gasteiger partial charge < -0.3 is 10.0 Å². The van der Waals surface area contributed by atoms with Gasteiger partial charge in [0.2, 0.25) is 0 Å². The van der Waals surface area contributed by atoms with E-state index in [4.69, 9.17) is 5.11 Å². The molecule has 1 amide bonds. The Morgan fingerprint density at radius 2 is 2.00 bits per heavy atom. The van der Waals surface area contributed by atoms with Gasteiger partial charge in [0.1, 0.15) is 0 Å². The molecule has 1 aromatic carbocycles. The Hall–Kier alpha value is -1.51. The van der Waals surface area contributed by atoms with Crippen LogP contribution in [0, 0.1) is 5.41 Å². The average Bonchev–Trinajstić information content (AvgIpc) is 2.73. The van der Waals surface area contributed by atoms with E-state index in [1.54, 1.807) is 4.90 Å². The van der Waals surface area contributed by atoms with Crippen LogP contribution in [0.4, 0.5) is 4.79 Å². The van der Waals surface area contributed by atoms with Crippen molar-refractivity contribution >= 4 is 6.09 Å². The lowest BCUT2D eigenvalue weighted by atomic mass is 9.59. The fraction of sp³-hybridized carbons (Fsp3) is 0.500. The molecule has 2 fully saturated rings. The second kappa shape index (κ2) is 3.76. The van der Waals surface area contributed by atoms with Crippen molar-refractivity contribution in [1.29, 1.82) is 0 Å². The number of nitrogens with zero attached hydrogens (tertiary/aromatic N) is 1. The Kier molecular flexibility index (Phi) is 2.35. The predicted molar refractivity (Wildman–Crippen MR) is 65.1 cm³/mol. The van der Waals surface area contributed by atoms with Gasteiger partial charge in [-0.05, 0) is 36.2 Å². The van der Waals surface area contributed by atoms with Gasteiger partial charge in [-0.3, -0.25) is 0 Å². The third kappa shape index (κ3) is 1.79. The van der Waals surface area contributed by atoms with Crippen LogP contribution in [0.1, 0.15) is 30.7 Å². The van der Waals surface area contributed by atoms with E-state index in [1.165, 1.54) is 5.56 Å². The van der Waals surface area contributed by atoms with Gasteiger partial charge in [-0.1, -0.05) is 30.3 Å². The SMILES string of the molecule is O=C(O)N1CCC2(CC(c3ccccc3)C2)C1. The minimum atomic E-state index is -0.759. The molecule has 1 saturated carbocycles. The molecule has 3 rings (SSSR count). The first-order chi connectivity index (χ1) is 8.19. The quantitative estimate of drug-likeness (QED) is 0.807. The molecule has 0 radical (unpaired) electrons. The minimum Gasteiger partial charge on any atom is -0.465 e. The molecule has 0 unspecified atom stereocenters. The van der Waals surface area contributed by atoms with E-state index in [0.29, 0.717) is 11.3 Å². The topological polar surface area (TPSA) is 40.5 Å². The van der Waals surface area contributed by atoms with Crippen molar-refractivity contribution in [2.75, 3.05) is 13.1 Å². The summed E-state index contributed by atoms with van der Waals surface area (Å²) in [6.45, 7) is 1.46. The molecule has 90 valence electrons. The summed E-state index contributed by atoms with van der Waals surface area (Å²) in [7, 11) is 0. The van der Waals surface area contributed by atoms with Crippen molar-refractivity contribution < 1.29 is 9.90 Å². The molecular formula is C14H17NO2. The second-order valence-electron chi connectivity index (χ2n) is 5.47. The summed E-state index contributed by atoms with van der Waals surface area (Å²) in [5, 5.41) is 8.97.